The third-order valence-electron chi connectivity index (χ3n) is 1.73. The standard InChI is InChI=1S/C10H16N2O2/c1-4-8(3)12-10(14)7(2)5-6-9(11)13/h5-6,8H,2,4H2,1,3H3,(H2,11,13)(H,12,14). The highest BCUT2D eigenvalue weighted by molar-refractivity contribution is 5.97. The Morgan fingerprint density at radius 1 is 1.50 bits per heavy atom. The van der Waals surface area contributed by atoms with Crippen molar-refractivity contribution in [2.45, 2.75) is 26.3 Å². The van der Waals surface area contributed by atoms with E-state index in [0.717, 1.165) is 12.5 Å². The summed E-state index contributed by atoms with van der Waals surface area (Å²) < 4.78 is 0. The molecule has 0 saturated carbocycles. The Hall–Kier alpha value is -1.58. The lowest BCUT2D eigenvalue weighted by molar-refractivity contribution is -0.117. The molecule has 0 aromatic heterocycles. The molecular formula is C10H16N2O2. The van der Waals surface area contributed by atoms with Crippen molar-refractivity contribution in [1.82, 2.24) is 5.32 Å². The van der Waals surface area contributed by atoms with E-state index in [-0.39, 0.29) is 17.5 Å². The number of nitrogens with two attached hydrogens (primary N) is 1. The number of carbonyl (C=O) groups excluding carboxylic acids is 2. The van der Waals surface area contributed by atoms with Crippen LogP contribution >= 0.6 is 0 Å². The van der Waals surface area contributed by atoms with Gasteiger partial charge in [-0.15, -0.1) is 0 Å². The van der Waals surface area contributed by atoms with Gasteiger partial charge in [-0.3, -0.25) is 9.59 Å². The van der Waals surface area contributed by atoms with Crippen molar-refractivity contribution in [3.8, 4) is 0 Å². The van der Waals surface area contributed by atoms with E-state index in [4.69, 9.17) is 5.73 Å². The molecule has 4 nitrogen and oxygen atoms in total. The fourth-order valence-electron chi connectivity index (χ4n) is 0.677. The van der Waals surface area contributed by atoms with Crippen LogP contribution in [0.2, 0.25) is 0 Å². The number of hydrogen-bond donors (Lipinski definition) is 2. The molecule has 0 radical (unpaired) electrons. The molecule has 0 aromatic rings. The van der Waals surface area contributed by atoms with E-state index >= 15 is 0 Å². The van der Waals surface area contributed by atoms with Gasteiger partial charge in [-0.05, 0) is 19.4 Å². The minimum absolute atomic E-state index is 0.0984. The summed E-state index contributed by atoms with van der Waals surface area (Å²) in [6.07, 6.45) is 3.26. The summed E-state index contributed by atoms with van der Waals surface area (Å²) in [5.74, 6) is -0.876. The van der Waals surface area contributed by atoms with Crippen molar-refractivity contribution in [2.24, 2.45) is 5.73 Å². The van der Waals surface area contributed by atoms with Gasteiger partial charge in [0.2, 0.25) is 5.91 Å². The Bertz CT molecular complexity index is 269. The van der Waals surface area contributed by atoms with Crippen LogP contribution in [0.25, 0.3) is 0 Å². The topological polar surface area (TPSA) is 72.2 Å². The van der Waals surface area contributed by atoms with Crippen LogP contribution in [0.1, 0.15) is 20.3 Å². The first kappa shape index (κ1) is 12.4. The zero-order chi connectivity index (χ0) is 11.1. The Labute approximate surface area is 83.9 Å². The summed E-state index contributed by atoms with van der Waals surface area (Å²) in [6, 6.07) is 0.0984. The van der Waals surface area contributed by atoms with Crippen LogP contribution in [0.4, 0.5) is 0 Å². The van der Waals surface area contributed by atoms with E-state index in [0.29, 0.717) is 0 Å². The van der Waals surface area contributed by atoms with Gasteiger partial charge in [-0.25, -0.2) is 0 Å². The van der Waals surface area contributed by atoms with Crippen LogP contribution in [0.3, 0.4) is 0 Å². The molecule has 78 valence electrons. The highest BCUT2D eigenvalue weighted by Gasteiger charge is 2.06. The molecule has 0 spiro atoms. The van der Waals surface area contributed by atoms with Gasteiger partial charge >= 0.3 is 0 Å². The fourth-order valence-corrected chi connectivity index (χ4v) is 0.677. The van der Waals surface area contributed by atoms with E-state index < -0.39 is 5.91 Å². The Kier molecular flexibility index (Phi) is 5.29. The minimum Gasteiger partial charge on any atom is -0.366 e. The number of nitrogens with one attached hydrogen (secondary N) is 1. The maximum Gasteiger partial charge on any atom is 0.250 e. The largest absolute Gasteiger partial charge is 0.366 e. The molecule has 0 saturated heterocycles. The zero-order valence-electron chi connectivity index (χ0n) is 8.54. The van der Waals surface area contributed by atoms with Gasteiger partial charge in [-0.1, -0.05) is 13.5 Å². The normalized spacial score (nSPS) is 12.4. The molecule has 0 heterocycles. The zero-order valence-corrected chi connectivity index (χ0v) is 8.54. The Balaban J connectivity index is 4.13. The molecular weight excluding hydrogens is 180 g/mol. The summed E-state index contributed by atoms with van der Waals surface area (Å²) >= 11 is 0. The van der Waals surface area contributed by atoms with E-state index in [9.17, 15) is 9.59 Å². The molecule has 1 atom stereocenters. The molecule has 0 aromatic carbocycles. The molecule has 3 N–H and O–H groups in total. The van der Waals surface area contributed by atoms with E-state index in [1.807, 2.05) is 13.8 Å². The van der Waals surface area contributed by atoms with Gasteiger partial charge < -0.3 is 11.1 Å². The van der Waals surface area contributed by atoms with Crippen molar-refractivity contribution in [2.75, 3.05) is 0 Å². The van der Waals surface area contributed by atoms with Crippen LogP contribution in [0.15, 0.2) is 24.3 Å². The molecule has 14 heavy (non-hydrogen) atoms. The molecule has 2 amide bonds. The van der Waals surface area contributed by atoms with Gasteiger partial charge in [0.1, 0.15) is 0 Å². The first-order chi connectivity index (χ1) is 6.47. The van der Waals surface area contributed by atoms with E-state index in [2.05, 4.69) is 11.9 Å². The first-order valence-electron chi connectivity index (χ1n) is 4.44. The third kappa shape index (κ3) is 5.13. The summed E-state index contributed by atoms with van der Waals surface area (Å²) in [5, 5.41) is 2.71. The second-order valence-corrected chi connectivity index (χ2v) is 3.04. The lowest BCUT2D eigenvalue weighted by Gasteiger charge is -2.10. The number of hydrogen-bond acceptors (Lipinski definition) is 2. The quantitative estimate of drug-likeness (QED) is 0.496. The van der Waals surface area contributed by atoms with Crippen molar-refractivity contribution in [3.05, 3.63) is 24.3 Å². The second-order valence-electron chi connectivity index (χ2n) is 3.04. The predicted octanol–water partition coefficient (Wildman–Crippen LogP) is 0.499. The molecule has 0 aliphatic carbocycles. The van der Waals surface area contributed by atoms with Crippen LogP contribution < -0.4 is 11.1 Å². The lowest BCUT2D eigenvalue weighted by Crippen LogP contribution is -2.32. The number of carbonyl (C=O) groups is 2. The molecule has 0 rings (SSSR count). The average Bonchev–Trinajstić information content (AvgIpc) is 2.13. The van der Waals surface area contributed by atoms with E-state index in [1.165, 1.54) is 6.08 Å². The second kappa shape index (κ2) is 5.96. The molecule has 0 aliphatic rings. The van der Waals surface area contributed by atoms with Crippen LogP contribution in [0, 0.1) is 0 Å². The number of amides is 2. The minimum atomic E-state index is -0.595. The molecule has 0 aliphatic heterocycles. The highest BCUT2D eigenvalue weighted by Crippen LogP contribution is 1.96. The average molecular weight is 196 g/mol. The molecule has 0 bridgehead atoms. The number of primary amides is 1. The molecule has 4 heteroatoms. The van der Waals surface area contributed by atoms with Gasteiger partial charge in [0.05, 0.1) is 0 Å². The predicted molar refractivity (Wildman–Crippen MR) is 55.4 cm³/mol. The fraction of sp³-hybridized carbons (Fsp3) is 0.400. The van der Waals surface area contributed by atoms with Gasteiger partial charge in [-0.2, -0.15) is 0 Å². The van der Waals surface area contributed by atoms with Crippen molar-refractivity contribution >= 4 is 11.8 Å². The smallest absolute Gasteiger partial charge is 0.250 e. The molecule has 1 unspecified atom stereocenters. The highest BCUT2D eigenvalue weighted by atomic mass is 16.2. The van der Waals surface area contributed by atoms with E-state index in [1.54, 1.807) is 0 Å². The Morgan fingerprint density at radius 3 is 2.50 bits per heavy atom. The van der Waals surface area contributed by atoms with Crippen LogP contribution in [-0.4, -0.2) is 17.9 Å². The lowest BCUT2D eigenvalue weighted by atomic mass is 10.2. The van der Waals surface area contributed by atoms with Gasteiger partial charge in [0.25, 0.3) is 5.91 Å². The first-order valence-corrected chi connectivity index (χ1v) is 4.44. The third-order valence-corrected chi connectivity index (χ3v) is 1.73. The summed E-state index contributed by atoms with van der Waals surface area (Å²) in [5.41, 5.74) is 5.10. The maximum absolute atomic E-state index is 11.3. The van der Waals surface area contributed by atoms with Gasteiger partial charge in [0, 0.05) is 17.7 Å². The van der Waals surface area contributed by atoms with Crippen LogP contribution in [0.5, 0.6) is 0 Å². The monoisotopic (exact) mass is 196 g/mol. The summed E-state index contributed by atoms with van der Waals surface area (Å²) in [4.78, 5) is 21.7. The summed E-state index contributed by atoms with van der Waals surface area (Å²) in [6.45, 7) is 7.36. The number of rotatable bonds is 5. The van der Waals surface area contributed by atoms with Crippen molar-refractivity contribution in [3.63, 3.8) is 0 Å². The molecule has 0 fully saturated rings. The van der Waals surface area contributed by atoms with Gasteiger partial charge in [0.15, 0.2) is 0 Å². The Morgan fingerprint density at radius 2 is 2.07 bits per heavy atom. The maximum atomic E-state index is 11.3. The van der Waals surface area contributed by atoms with Crippen molar-refractivity contribution in [1.29, 1.82) is 0 Å². The summed E-state index contributed by atoms with van der Waals surface area (Å²) in [7, 11) is 0. The van der Waals surface area contributed by atoms with Crippen LogP contribution in [-0.2, 0) is 9.59 Å². The SMILES string of the molecule is C=C(C=CC(N)=O)C(=O)NC(C)CC. The van der Waals surface area contributed by atoms with Crippen molar-refractivity contribution < 1.29 is 9.59 Å².